The van der Waals surface area contributed by atoms with Gasteiger partial charge in [-0.2, -0.15) is 8.75 Å². The Morgan fingerprint density at radius 2 is 2.22 bits per heavy atom. The number of aromatic nitrogens is 2. The van der Waals surface area contributed by atoms with E-state index in [0.717, 1.165) is 37.7 Å². The molecule has 1 saturated heterocycles. The first-order chi connectivity index (χ1) is 8.68. The quantitative estimate of drug-likeness (QED) is 0.746. The number of amides is 2. The second kappa shape index (κ2) is 5.87. The summed E-state index contributed by atoms with van der Waals surface area (Å²) in [5.41, 5.74) is 5.49. The fourth-order valence-corrected chi connectivity index (χ4v) is 2.47. The van der Waals surface area contributed by atoms with Crippen LogP contribution in [0.5, 0.6) is 0 Å². The van der Waals surface area contributed by atoms with Crippen molar-refractivity contribution in [1.29, 1.82) is 0 Å². The molecule has 1 aromatic heterocycles. The summed E-state index contributed by atoms with van der Waals surface area (Å²) in [6, 6.07) is 0.0351. The molecule has 1 fully saturated rings. The number of hydrogen-bond acceptors (Lipinski definition) is 6. The number of carbonyl (C=O) groups is 2. The smallest absolute Gasteiger partial charge is 0.275 e. The first kappa shape index (κ1) is 12.9. The van der Waals surface area contributed by atoms with Gasteiger partial charge in [0, 0.05) is 6.04 Å². The van der Waals surface area contributed by atoms with Crippen LogP contribution in [-0.4, -0.2) is 51.1 Å². The summed E-state index contributed by atoms with van der Waals surface area (Å²) >= 11 is 0.975. The van der Waals surface area contributed by atoms with Gasteiger partial charge in [0.05, 0.1) is 24.5 Å². The van der Waals surface area contributed by atoms with Gasteiger partial charge in [-0.3, -0.25) is 9.59 Å². The molecule has 0 aliphatic carbocycles. The van der Waals surface area contributed by atoms with Gasteiger partial charge >= 0.3 is 0 Å². The molecule has 0 atom stereocenters. The molecule has 2 rings (SSSR count). The Labute approximate surface area is 109 Å². The molecule has 3 N–H and O–H groups in total. The molecule has 1 aliphatic heterocycles. The highest BCUT2D eigenvalue weighted by atomic mass is 32.1. The van der Waals surface area contributed by atoms with Crippen molar-refractivity contribution in [2.45, 2.75) is 18.9 Å². The van der Waals surface area contributed by atoms with Crippen LogP contribution in [0, 0.1) is 0 Å². The van der Waals surface area contributed by atoms with Crippen molar-refractivity contribution in [2.75, 3.05) is 19.6 Å². The van der Waals surface area contributed by atoms with E-state index in [1.54, 1.807) is 0 Å². The molecule has 1 aliphatic rings. The van der Waals surface area contributed by atoms with E-state index in [0.29, 0.717) is 0 Å². The monoisotopic (exact) mass is 269 g/mol. The maximum atomic E-state index is 12.2. The van der Waals surface area contributed by atoms with E-state index in [1.165, 1.54) is 11.1 Å². The Bertz CT molecular complexity index is 416. The third-order valence-corrected chi connectivity index (χ3v) is 3.39. The maximum absolute atomic E-state index is 12.2. The van der Waals surface area contributed by atoms with Crippen LogP contribution in [0.3, 0.4) is 0 Å². The van der Waals surface area contributed by atoms with Crippen molar-refractivity contribution < 1.29 is 9.59 Å². The minimum absolute atomic E-state index is 0.0351. The van der Waals surface area contributed by atoms with Crippen molar-refractivity contribution in [1.82, 2.24) is 19.0 Å². The third kappa shape index (κ3) is 3.02. The predicted octanol–water partition coefficient (Wildman–Crippen LogP) is -0.782. The molecule has 2 amide bonds. The van der Waals surface area contributed by atoms with E-state index < -0.39 is 5.91 Å². The number of nitrogens with zero attached hydrogens (tertiary/aromatic N) is 3. The average molecular weight is 269 g/mol. The van der Waals surface area contributed by atoms with Crippen LogP contribution in [0.4, 0.5) is 0 Å². The maximum Gasteiger partial charge on any atom is 0.275 e. The first-order valence-corrected chi connectivity index (χ1v) is 6.49. The summed E-state index contributed by atoms with van der Waals surface area (Å²) in [5.74, 6) is -0.778. The number of nitrogens with two attached hydrogens (primary N) is 1. The van der Waals surface area contributed by atoms with E-state index >= 15 is 0 Å². The molecule has 2 heterocycles. The van der Waals surface area contributed by atoms with Crippen molar-refractivity contribution in [3.8, 4) is 0 Å². The molecule has 1 aromatic rings. The van der Waals surface area contributed by atoms with Gasteiger partial charge in [-0.25, -0.2) is 0 Å². The summed E-state index contributed by atoms with van der Waals surface area (Å²) in [5, 5.41) is 3.22. The third-order valence-electron chi connectivity index (χ3n) is 2.92. The minimum Gasteiger partial charge on any atom is -0.368 e. The summed E-state index contributed by atoms with van der Waals surface area (Å²) in [6.07, 6.45) is 3.05. The lowest BCUT2D eigenvalue weighted by Crippen LogP contribution is -2.49. The zero-order valence-electron chi connectivity index (χ0n) is 9.83. The molecule has 98 valence electrons. The van der Waals surface area contributed by atoms with Crippen LogP contribution in [0.2, 0.25) is 0 Å². The molecular weight excluding hydrogens is 254 g/mol. The lowest BCUT2D eigenvalue weighted by atomic mass is 10.0. The van der Waals surface area contributed by atoms with Gasteiger partial charge in [-0.05, 0) is 25.9 Å². The number of piperidine rings is 1. The summed E-state index contributed by atoms with van der Waals surface area (Å²) < 4.78 is 7.72. The number of nitrogens with one attached hydrogen (secondary N) is 1. The average Bonchev–Trinajstić information content (AvgIpc) is 2.90. The summed E-state index contributed by atoms with van der Waals surface area (Å²) in [4.78, 5) is 24.9. The molecule has 0 unspecified atom stereocenters. The molecule has 18 heavy (non-hydrogen) atoms. The molecular formula is C10H15N5O2S. The van der Waals surface area contributed by atoms with Gasteiger partial charge in [0.1, 0.15) is 0 Å². The van der Waals surface area contributed by atoms with Crippen molar-refractivity contribution in [2.24, 2.45) is 5.73 Å². The largest absolute Gasteiger partial charge is 0.368 e. The van der Waals surface area contributed by atoms with Crippen molar-refractivity contribution in [3.63, 3.8) is 0 Å². The minimum atomic E-state index is -0.509. The molecule has 0 aromatic carbocycles. The molecule has 0 saturated carbocycles. The van der Waals surface area contributed by atoms with E-state index in [1.807, 2.05) is 0 Å². The van der Waals surface area contributed by atoms with Crippen molar-refractivity contribution >= 4 is 23.5 Å². The zero-order valence-corrected chi connectivity index (χ0v) is 10.7. The van der Waals surface area contributed by atoms with E-state index in [2.05, 4.69) is 14.1 Å². The molecule has 0 spiro atoms. The van der Waals surface area contributed by atoms with Crippen LogP contribution >= 0.6 is 11.7 Å². The highest BCUT2D eigenvalue weighted by molar-refractivity contribution is 6.99. The second-order valence-electron chi connectivity index (χ2n) is 4.17. The van der Waals surface area contributed by atoms with Crippen LogP contribution in [0.25, 0.3) is 0 Å². The van der Waals surface area contributed by atoms with Gasteiger partial charge in [0.2, 0.25) is 5.91 Å². The highest BCUT2D eigenvalue weighted by Gasteiger charge is 2.28. The van der Waals surface area contributed by atoms with Crippen LogP contribution in [0.1, 0.15) is 23.3 Å². The van der Waals surface area contributed by atoms with Crippen LogP contribution in [0.15, 0.2) is 6.20 Å². The number of primary amides is 1. The Morgan fingerprint density at radius 1 is 1.50 bits per heavy atom. The standard InChI is InChI=1S/C10H15N5O2S/c11-9(16)6-15(7-1-3-12-4-2-7)10(17)8-5-13-18-14-8/h5,7,12H,1-4,6H2,(H2,11,16). The topological polar surface area (TPSA) is 101 Å². The SMILES string of the molecule is NC(=O)CN(C(=O)c1cnsn1)C1CCNCC1. The molecule has 7 nitrogen and oxygen atoms in total. The van der Waals surface area contributed by atoms with Gasteiger partial charge in [0.25, 0.3) is 5.91 Å². The van der Waals surface area contributed by atoms with E-state index in [4.69, 9.17) is 5.73 Å². The Hall–Kier alpha value is -1.54. The van der Waals surface area contributed by atoms with Gasteiger partial charge in [-0.1, -0.05) is 0 Å². The molecule has 0 bridgehead atoms. The van der Waals surface area contributed by atoms with E-state index in [-0.39, 0.29) is 24.2 Å². The second-order valence-corrected chi connectivity index (χ2v) is 4.73. The molecule has 0 radical (unpaired) electrons. The summed E-state index contributed by atoms with van der Waals surface area (Å²) in [6.45, 7) is 1.60. The number of carbonyl (C=O) groups excluding carboxylic acids is 2. The van der Waals surface area contributed by atoms with E-state index in [9.17, 15) is 9.59 Å². The van der Waals surface area contributed by atoms with Crippen LogP contribution in [-0.2, 0) is 4.79 Å². The number of hydrogen-bond donors (Lipinski definition) is 2. The van der Waals surface area contributed by atoms with Crippen molar-refractivity contribution in [3.05, 3.63) is 11.9 Å². The fourth-order valence-electron chi connectivity index (χ4n) is 2.06. The lowest BCUT2D eigenvalue weighted by Gasteiger charge is -2.33. The Morgan fingerprint density at radius 3 is 2.78 bits per heavy atom. The van der Waals surface area contributed by atoms with Gasteiger partial charge in [-0.15, -0.1) is 0 Å². The van der Waals surface area contributed by atoms with Crippen LogP contribution < -0.4 is 11.1 Å². The zero-order chi connectivity index (χ0) is 13.0. The van der Waals surface area contributed by atoms with Gasteiger partial charge in [0.15, 0.2) is 5.69 Å². The highest BCUT2D eigenvalue weighted by Crippen LogP contribution is 2.14. The normalized spacial score (nSPS) is 16.4. The predicted molar refractivity (Wildman–Crippen MR) is 66.0 cm³/mol. The lowest BCUT2D eigenvalue weighted by molar-refractivity contribution is -0.119. The van der Waals surface area contributed by atoms with Gasteiger partial charge < -0.3 is 16.0 Å². The Balaban J connectivity index is 2.13. The molecule has 8 heteroatoms. The first-order valence-electron chi connectivity index (χ1n) is 5.76. The summed E-state index contributed by atoms with van der Waals surface area (Å²) in [7, 11) is 0. The fraction of sp³-hybridized carbons (Fsp3) is 0.600. The Kier molecular flexibility index (Phi) is 4.21. The number of rotatable bonds is 4.